The van der Waals surface area contributed by atoms with Gasteiger partial charge in [0.1, 0.15) is 0 Å². The predicted octanol–water partition coefficient (Wildman–Crippen LogP) is 2.22. The Balaban J connectivity index is 1.55. The number of ether oxygens (including phenoxy) is 1. The number of hydrogen-bond acceptors (Lipinski definition) is 5. The smallest absolute Gasteiger partial charge is 0.359 e. The van der Waals surface area contributed by atoms with Crippen molar-refractivity contribution in [1.82, 2.24) is 14.7 Å². The van der Waals surface area contributed by atoms with Crippen molar-refractivity contribution in [2.75, 3.05) is 18.5 Å². The number of hydrogen-bond donors (Lipinski definition) is 1. The second kappa shape index (κ2) is 7.59. The van der Waals surface area contributed by atoms with Crippen LogP contribution in [-0.4, -0.2) is 45.6 Å². The molecule has 0 saturated heterocycles. The summed E-state index contributed by atoms with van der Waals surface area (Å²) in [4.78, 5) is 39.7. The Labute approximate surface area is 175 Å². The average Bonchev–Trinajstić information content (AvgIpc) is 3.18. The summed E-state index contributed by atoms with van der Waals surface area (Å²) >= 11 is 0. The summed E-state index contributed by atoms with van der Waals surface area (Å²) < 4.78 is 6.81. The van der Waals surface area contributed by atoms with Crippen molar-refractivity contribution in [2.45, 2.75) is 46.1 Å². The molecule has 8 heteroatoms. The van der Waals surface area contributed by atoms with Crippen LogP contribution in [0.4, 0.5) is 5.69 Å². The zero-order valence-corrected chi connectivity index (χ0v) is 17.7. The maximum absolute atomic E-state index is 13.1. The molecule has 2 aliphatic rings. The highest BCUT2D eigenvalue weighted by Crippen LogP contribution is 2.38. The summed E-state index contributed by atoms with van der Waals surface area (Å²) in [5, 5.41) is 7.22. The van der Waals surface area contributed by atoms with E-state index >= 15 is 0 Å². The maximum atomic E-state index is 13.1. The molecule has 1 atom stereocenters. The summed E-state index contributed by atoms with van der Waals surface area (Å²) in [7, 11) is 1.80. The van der Waals surface area contributed by atoms with E-state index in [9.17, 15) is 14.4 Å². The summed E-state index contributed by atoms with van der Waals surface area (Å²) in [6.07, 6.45) is 0.711. The standard InChI is InChI=1S/C22H26N4O4/c1-5-30-22(29)20-15-11-26(7-6-17(15)25(4)24-20)18(27)10-14-19-13(3)8-12(2)9-16(19)23-21(14)28/h8-9,14H,5-7,10-11H2,1-4H3,(H,23,28). The highest BCUT2D eigenvalue weighted by atomic mass is 16.5. The summed E-state index contributed by atoms with van der Waals surface area (Å²) in [5.74, 6) is -1.21. The van der Waals surface area contributed by atoms with Gasteiger partial charge in [-0.05, 0) is 43.5 Å². The molecule has 30 heavy (non-hydrogen) atoms. The van der Waals surface area contributed by atoms with Crippen LogP contribution >= 0.6 is 0 Å². The van der Waals surface area contributed by atoms with Crippen LogP contribution in [0.5, 0.6) is 0 Å². The van der Waals surface area contributed by atoms with E-state index in [-0.39, 0.29) is 30.5 Å². The molecule has 8 nitrogen and oxygen atoms in total. The fourth-order valence-corrected chi connectivity index (χ4v) is 4.56. The van der Waals surface area contributed by atoms with Gasteiger partial charge in [0.05, 0.1) is 12.5 Å². The Morgan fingerprint density at radius 2 is 2.07 bits per heavy atom. The molecule has 0 bridgehead atoms. The third-order valence-corrected chi connectivity index (χ3v) is 5.90. The number of nitrogens with one attached hydrogen (secondary N) is 1. The summed E-state index contributed by atoms with van der Waals surface area (Å²) in [6, 6.07) is 3.98. The maximum Gasteiger partial charge on any atom is 0.359 e. The van der Waals surface area contributed by atoms with Crippen LogP contribution in [0.25, 0.3) is 0 Å². The minimum Gasteiger partial charge on any atom is -0.461 e. The largest absolute Gasteiger partial charge is 0.461 e. The Bertz CT molecular complexity index is 1060. The minimum atomic E-state index is -0.493. The van der Waals surface area contributed by atoms with E-state index in [1.54, 1.807) is 23.6 Å². The number of esters is 1. The molecule has 1 unspecified atom stereocenters. The van der Waals surface area contributed by atoms with Gasteiger partial charge in [-0.1, -0.05) is 6.07 Å². The van der Waals surface area contributed by atoms with Crippen LogP contribution in [0.15, 0.2) is 12.1 Å². The van der Waals surface area contributed by atoms with E-state index in [0.29, 0.717) is 19.5 Å². The highest BCUT2D eigenvalue weighted by Gasteiger charge is 2.36. The third-order valence-electron chi connectivity index (χ3n) is 5.90. The Hall–Kier alpha value is -3.16. The van der Waals surface area contributed by atoms with E-state index in [1.807, 2.05) is 26.0 Å². The number of anilines is 1. The monoisotopic (exact) mass is 410 g/mol. The molecular formula is C22H26N4O4. The molecule has 0 radical (unpaired) electrons. The number of fused-ring (bicyclic) bond motifs is 2. The molecule has 158 valence electrons. The molecule has 3 heterocycles. The van der Waals surface area contributed by atoms with Gasteiger partial charge < -0.3 is 15.0 Å². The van der Waals surface area contributed by atoms with Gasteiger partial charge in [0.15, 0.2) is 5.69 Å². The molecule has 1 aromatic carbocycles. The molecule has 2 amide bonds. The van der Waals surface area contributed by atoms with Gasteiger partial charge >= 0.3 is 5.97 Å². The van der Waals surface area contributed by atoms with Crippen molar-refractivity contribution in [3.8, 4) is 0 Å². The van der Waals surface area contributed by atoms with Gasteiger partial charge in [-0.3, -0.25) is 14.3 Å². The lowest BCUT2D eigenvalue weighted by Crippen LogP contribution is -2.38. The SMILES string of the molecule is CCOC(=O)c1nn(C)c2c1CN(C(=O)CC1C(=O)Nc3cc(C)cc(C)c31)CC2. The van der Waals surface area contributed by atoms with Gasteiger partial charge in [-0.2, -0.15) is 5.10 Å². The van der Waals surface area contributed by atoms with E-state index in [1.165, 1.54) is 0 Å². The van der Waals surface area contributed by atoms with Crippen LogP contribution in [0.2, 0.25) is 0 Å². The molecular weight excluding hydrogens is 384 g/mol. The zero-order chi connectivity index (χ0) is 21.6. The second-order valence-corrected chi connectivity index (χ2v) is 7.97. The van der Waals surface area contributed by atoms with E-state index in [4.69, 9.17) is 4.74 Å². The van der Waals surface area contributed by atoms with Crippen molar-refractivity contribution in [1.29, 1.82) is 0 Å². The van der Waals surface area contributed by atoms with E-state index in [2.05, 4.69) is 10.4 Å². The quantitative estimate of drug-likeness (QED) is 0.780. The topological polar surface area (TPSA) is 93.5 Å². The van der Waals surface area contributed by atoms with Crippen LogP contribution in [0, 0.1) is 13.8 Å². The summed E-state index contributed by atoms with van der Waals surface area (Å²) in [5.41, 5.74) is 5.74. The average molecular weight is 410 g/mol. The first kappa shape index (κ1) is 20.1. The highest BCUT2D eigenvalue weighted by molar-refractivity contribution is 6.05. The number of nitrogens with zero attached hydrogens (tertiary/aromatic N) is 3. The fourth-order valence-electron chi connectivity index (χ4n) is 4.56. The lowest BCUT2D eigenvalue weighted by molar-refractivity contribution is -0.134. The van der Waals surface area contributed by atoms with Gasteiger partial charge in [-0.15, -0.1) is 0 Å². The van der Waals surface area contributed by atoms with Crippen molar-refractivity contribution in [2.24, 2.45) is 7.05 Å². The molecule has 0 aliphatic carbocycles. The number of rotatable bonds is 4. The zero-order valence-electron chi connectivity index (χ0n) is 17.7. The molecule has 2 aliphatic heterocycles. The molecule has 1 N–H and O–H groups in total. The van der Waals surface area contributed by atoms with Gasteiger partial charge in [0.25, 0.3) is 0 Å². The van der Waals surface area contributed by atoms with Crippen LogP contribution < -0.4 is 5.32 Å². The lowest BCUT2D eigenvalue weighted by atomic mass is 9.91. The number of benzene rings is 1. The number of carbonyl (C=O) groups excluding carboxylic acids is 3. The lowest BCUT2D eigenvalue weighted by Gasteiger charge is -2.28. The molecule has 0 spiro atoms. The van der Waals surface area contributed by atoms with Gasteiger partial charge in [0, 0.05) is 49.9 Å². The Morgan fingerprint density at radius 1 is 1.30 bits per heavy atom. The van der Waals surface area contributed by atoms with Crippen molar-refractivity contribution >= 4 is 23.5 Å². The molecule has 0 fully saturated rings. The van der Waals surface area contributed by atoms with E-state index in [0.717, 1.165) is 33.6 Å². The first-order valence-corrected chi connectivity index (χ1v) is 10.2. The van der Waals surface area contributed by atoms with Crippen LogP contribution in [0.3, 0.4) is 0 Å². The molecule has 2 aromatic rings. The second-order valence-electron chi connectivity index (χ2n) is 7.97. The molecule has 0 saturated carbocycles. The first-order chi connectivity index (χ1) is 14.3. The fraction of sp³-hybridized carbons (Fsp3) is 0.455. The minimum absolute atomic E-state index is 0.104. The van der Waals surface area contributed by atoms with Crippen molar-refractivity contribution in [3.05, 3.63) is 45.8 Å². The van der Waals surface area contributed by atoms with Crippen molar-refractivity contribution < 1.29 is 19.1 Å². The Morgan fingerprint density at radius 3 is 2.80 bits per heavy atom. The van der Waals surface area contributed by atoms with Gasteiger partial charge in [-0.25, -0.2) is 4.79 Å². The van der Waals surface area contributed by atoms with Crippen molar-refractivity contribution in [3.63, 3.8) is 0 Å². The van der Waals surface area contributed by atoms with Crippen LogP contribution in [0.1, 0.15) is 57.7 Å². The number of amides is 2. The molecule has 1 aromatic heterocycles. The van der Waals surface area contributed by atoms with E-state index < -0.39 is 11.9 Å². The predicted molar refractivity (Wildman–Crippen MR) is 110 cm³/mol. The van der Waals surface area contributed by atoms with Gasteiger partial charge in [0.2, 0.25) is 11.8 Å². The molecule has 4 rings (SSSR count). The van der Waals surface area contributed by atoms with Crippen LogP contribution in [-0.2, 0) is 34.3 Å². The number of carbonyl (C=O) groups is 3. The number of aryl methyl sites for hydroxylation is 3. The third kappa shape index (κ3) is 3.36. The first-order valence-electron chi connectivity index (χ1n) is 10.2. The number of aromatic nitrogens is 2. The normalized spacial score (nSPS) is 17.4. The summed E-state index contributed by atoms with van der Waals surface area (Å²) in [6.45, 7) is 6.79. The Kier molecular flexibility index (Phi) is 5.09.